The summed E-state index contributed by atoms with van der Waals surface area (Å²) in [6.07, 6.45) is 1.99. The number of benzene rings is 1. The number of nitrogens with zero attached hydrogens (tertiary/aromatic N) is 1. The quantitative estimate of drug-likeness (QED) is 0.632. The van der Waals surface area contributed by atoms with Crippen molar-refractivity contribution in [3.63, 3.8) is 0 Å². The average Bonchev–Trinajstić information content (AvgIpc) is 2.44. The molecule has 20 heavy (non-hydrogen) atoms. The second kappa shape index (κ2) is 5.53. The predicted molar refractivity (Wildman–Crippen MR) is 63.9 cm³/mol. The number of rotatable bonds is 3. The molecule has 4 nitrogen and oxygen atoms in total. The lowest BCUT2D eigenvalue weighted by Crippen LogP contribution is -2.44. The predicted octanol–water partition coefficient (Wildman–Crippen LogP) is 1.85. The van der Waals surface area contributed by atoms with Gasteiger partial charge < -0.3 is 4.79 Å². The summed E-state index contributed by atoms with van der Waals surface area (Å²) in [6, 6.07) is 0.311. The average molecular weight is 307 g/mol. The van der Waals surface area contributed by atoms with E-state index >= 15 is 0 Å². The highest BCUT2D eigenvalue weighted by atomic mass is 32.2. The molecule has 0 bridgehead atoms. The number of sulfonamides is 1. The molecule has 1 aliphatic heterocycles. The Morgan fingerprint density at radius 1 is 1.15 bits per heavy atom. The van der Waals surface area contributed by atoms with Crippen LogP contribution in [0.2, 0.25) is 0 Å². The van der Waals surface area contributed by atoms with E-state index < -0.39 is 38.4 Å². The number of halogens is 3. The highest BCUT2D eigenvalue weighted by Crippen LogP contribution is 2.27. The van der Waals surface area contributed by atoms with E-state index in [-0.39, 0.29) is 6.54 Å². The Morgan fingerprint density at radius 2 is 1.85 bits per heavy atom. The molecule has 110 valence electrons. The van der Waals surface area contributed by atoms with Crippen molar-refractivity contribution >= 4 is 16.3 Å². The van der Waals surface area contributed by atoms with Crippen LogP contribution in [-0.2, 0) is 14.8 Å². The highest BCUT2D eigenvalue weighted by molar-refractivity contribution is 7.89. The summed E-state index contributed by atoms with van der Waals surface area (Å²) in [5.74, 6) is -5.07. The van der Waals surface area contributed by atoms with Gasteiger partial charge in [0.25, 0.3) is 0 Å². The fourth-order valence-electron chi connectivity index (χ4n) is 2.20. The minimum Gasteiger partial charge on any atom is -0.302 e. The molecule has 0 N–H and O–H groups in total. The van der Waals surface area contributed by atoms with Gasteiger partial charge >= 0.3 is 0 Å². The van der Waals surface area contributed by atoms with Crippen LogP contribution in [0.4, 0.5) is 13.2 Å². The van der Waals surface area contributed by atoms with Gasteiger partial charge in [0.05, 0.1) is 6.04 Å². The zero-order chi connectivity index (χ0) is 14.9. The van der Waals surface area contributed by atoms with Gasteiger partial charge in [0.1, 0.15) is 11.2 Å². The van der Waals surface area contributed by atoms with Gasteiger partial charge in [0.2, 0.25) is 10.0 Å². The third-order valence-electron chi connectivity index (χ3n) is 3.24. The molecule has 1 unspecified atom stereocenters. The monoisotopic (exact) mass is 307 g/mol. The molecule has 0 aromatic heterocycles. The van der Waals surface area contributed by atoms with E-state index in [1.165, 1.54) is 0 Å². The van der Waals surface area contributed by atoms with Crippen LogP contribution in [0.25, 0.3) is 0 Å². The van der Waals surface area contributed by atoms with Crippen LogP contribution >= 0.6 is 0 Å². The minimum absolute atomic E-state index is 0.0458. The van der Waals surface area contributed by atoms with E-state index in [4.69, 9.17) is 0 Å². The van der Waals surface area contributed by atoms with E-state index in [1.807, 2.05) is 0 Å². The molecule has 0 aliphatic carbocycles. The van der Waals surface area contributed by atoms with Crippen molar-refractivity contribution in [2.45, 2.75) is 30.2 Å². The highest BCUT2D eigenvalue weighted by Gasteiger charge is 2.36. The smallest absolute Gasteiger partial charge is 0.246 e. The standard InChI is InChI=1S/C12H12F3NO3S/c13-9-4-5-10(12(15)11(9)14)20(18,19)16-6-2-1-3-8(16)7-17/h4-5,7-8H,1-3,6H2. The number of aldehydes is 1. The maximum Gasteiger partial charge on any atom is 0.246 e. The van der Waals surface area contributed by atoms with Gasteiger partial charge in [0.15, 0.2) is 17.5 Å². The van der Waals surface area contributed by atoms with E-state index in [0.29, 0.717) is 37.7 Å². The fourth-order valence-corrected chi connectivity index (χ4v) is 3.89. The number of carbonyl (C=O) groups is 1. The van der Waals surface area contributed by atoms with Crippen molar-refractivity contribution in [1.82, 2.24) is 4.31 Å². The summed E-state index contributed by atoms with van der Waals surface area (Å²) in [6.45, 7) is 0.0458. The van der Waals surface area contributed by atoms with Crippen LogP contribution in [0.5, 0.6) is 0 Å². The molecule has 0 amide bonds. The summed E-state index contributed by atoms with van der Waals surface area (Å²) >= 11 is 0. The lowest BCUT2D eigenvalue weighted by molar-refractivity contribution is -0.111. The van der Waals surface area contributed by atoms with Gasteiger partial charge in [-0.25, -0.2) is 21.6 Å². The lowest BCUT2D eigenvalue weighted by Gasteiger charge is -2.31. The van der Waals surface area contributed by atoms with Gasteiger partial charge in [-0.1, -0.05) is 6.42 Å². The SMILES string of the molecule is O=CC1CCCCN1S(=O)(=O)c1ccc(F)c(F)c1F. The molecule has 1 heterocycles. The molecular formula is C12H12F3NO3S. The summed E-state index contributed by atoms with van der Waals surface area (Å²) < 4.78 is 65.0. The first-order valence-corrected chi connectivity index (χ1v) is 7.44. The van der Waals surface area contributed by atoms with Crippen molar-refractivity contribution < 1.29 is 26.4 Å². The van der Waals surface area contributed by atoms with E-state index in [1.54, 1.807) is 0 Å². The van der Waals surface area contributed by atoms with Crippen molar-refractivity contribution in [2.75, 3.05) is 6.54 Å². The van der Waals surface area contributed by atoms with E-state index in [2.05, 4.69) is 0 Å². The molecule has 2 rings (SSSR count). The molecule has 1 aromatic carbocycles. The van der Waals surface area contributed by atoms with Crippen LogP contribution in [0.15, 0.2) is 17.0 Å². The van der Waals surface area contributed by atoms with Crippen molar-refractivity contribution in [3.8, 4) is 0 Å². The minimum atomic E-state index is -4.37. The van der Waals surface area contributed by atoms with Gasteiger partial charge in [-0.05, 0) is 25.0 Å². The maximum atomic E-state index is 13.6. The Balaban J connectivity index is 2.49. The first-order valence-electron chi connectivity index (χ1n) is 6.00. The summed E-state index contributed by atoms with van der Waals surface area (Å²) in [4.78, 5) is 9.97. The Labute approximate surface area is 114 Å². The molecule has 1 fully saturated rings. The Hall–Kier alpha value is -1.41. The summed E-state index contributed by atoms with van der Waals surface area (Å²) in [7, 11) is -4.37. The summed E-state index contributed by atoms with van der Waals surface area (Å²) in [5, 5.41) is 0. The molecule has 1 aromatic rings. The molecule has 0 radical (unpaired) electrons. The fraction of sp³-hybridized carbons (Fsp3) is 0.417. The molecule has 1 saturated heterocycles. The van der Waals surface area contributed by atoms with Crippen molar-refractivity contribution in [3.05, 3.63) is 29.6 Å². The molecule has 1 atom stereocenters. The lowest BCUT2D eigenvalue weighted by atomic mass is 10.1. The molecule has 8 heteroatoms. The molecule has 0 spiro atoms. The summed E-state index contributed by atoms with van der Waals surface area (Å²) in [5.41, 5.74) is 0. The van der Waals surface area contributed by atoms with Crippen LogP contribution in [-0.4, -0.2) is 31.6 Å². The normalized spacial score (nSPS) is 20.9. The molecule has 0 saturated carbocycles. The van der Waals surface area contributed by atoms with Crippen molar-refractivity contribution in [1.29, 1.82) is 0 Å². The Bertz CT molecular complexity index is 633. The first-order chi connectivity index (χ1) is 9.39. The van der Waals surface area contributed by atoms with Crippen LogP contribution in [0, 0.1) is 17.5 Å². The van der Waals surface area contributed by atoms with Gasteiger partial charge in [0, 0.05) is 6.54 Å². The zero-order valence-electron chi connectivity index (χ0n) is 10.4. The van der Waals surface area contributed by atoms with Crippen LogP contribution in [0.3, 0.4) is 0 Å². The second-order valence-corrected chi connectivity index (χ2v) is 6.35. The third-order valence-corrected chi connectivity index (χ3v) is 5.18. The Kier molecular flexibility index (Phi) is 4.14. The van der Waals surface area contributed by atoms with E-state index in [0.717, 1.165) is 4.31 Å². The first kappa shape index (κ1) is 15.0. The maximum absolute atomic E-state index is 13.6. The van der Waals surface area contributed by atoms with Gasteiger partial charge in [-0.3, -0.25) is 0 Å². The number of hydrogen-bond acceptors (Lipinski definition) is 3. The topological polar surface area (TPSA) is 54.5 Å². The number of carbonyl (C=O) groups excluding carboxylic acids is 1. The largest absolute Gasteiger partial charge is 0.302 e. The van der Waals surface area contributed by atoms with Gasteiger partial charge in [-0.2, -0.15) is 4.31 Å². The number of hydrogen-bond donors (Lipinski definition) is 0. The zero-order valence-corrected chi connectivity index (χ0v) is 11.2. The molecule has 1 aliphatic rings. The van der Waals surface area contributed by atoms with E-state index in [9.17, 15) is 26.4 Å². The van der Waals surface area contributed by atoms with Crippen LogP contribution in [0.1, 0.15) is 19.3 Å². The van der Waals surface area contributed by atoms with Gasteiger partial charge in [-0.15, -0.1) is 0 Å². The number of piperidine rings is 1. The third kappa shape index (κ3) is 2.45. The Morgan fingerprint density at radius 3 is 2.50 bits per heavy atom. The van der Waals surface area contributed by atoms with Crippen LogP contribution < -0.4 is 0 Å². The van der Waals surface area contributed by atoms with Crippen molar-refractivity contribution in [2.24, 2.45) is 0 Å². The molecular weight excluding hydrogens is 295 g/mol. The second-order valence-electron chi connectivity index (χ2n) is 4.49.